The van der Waals surface area contributed by atoms with Crippen LogP contribution in [0.15, 0.2) is 21.9 Å². The van der Waals surface area contributed by atoms with Gasteiger partial charge in [-0.3, -0.25) is 14.3 Å². The molecule has 2 heterocycles. The van der Waals surface area contributed by atoms with Crippen LogP contribution in [0.5, 0.6) is 0 Å². The third-order valence-electron chi connectivity index (χ3n) is 4.39. The second kappa shape index (κ2) is 6.88. The first kappa shape index (κ1) is 20.8. The molecule has 0 aromatic carbocycles. The van der Waals surface area contributed by atoms with E-state index in [-0.39, 0.29) is 15.4 Å². The fourth-order valence-corrected chi connectivity index (χ4v) is 8.09. The van der Waals surface area contributed by atoms with E-state index >= 15 is 0 Å². The highest BCUT2D eigenvalue weighted by molar-refractivity contribution is 6.74. The highest BCUT2D eigenvalue weighted by Crippen LogP contribution is 2.40. The largest absolute Gasteiger partial charge is 0.515 e. The summed E-state index contributed by atoms with van der Waals surface area (Å²) in [7, 11) is -1.58. The summed E-state index contributed by atoms with van der Waals surface area (Å²) in [5.41, 5.74) is -1.33. The summed E-state index contributed by atoms with van der Waals surface area (Å²) in [6, 6.07) is 1.13. The molecule has 4 atom stereocenters. The Morgan fingerprint density at radius 2 is 1.65 bits per heavy atom. The van der Waals surface area contributed by atoms with Crippen LogP contribution < -0.4 is 11.2 Å². The van der Waals surface area contributed by atoms with E-state index in [0.29, 0.717) is 0 Å². The molecule has 1 aromatic rings. The molecule has 1 aliphatic heterocycles. The number of aliphatic hydroxyl groups excluding tert-OH is 3. The second-order valence-corrected chi connectivity index (χ2v) is 13.0. The molecule has 1 fully saturated rings. The van der Waals surface area contributed by atoms with Gasteiger partial charge in [0.25, 0.3) is 5.56 Å². The average molecular weight is 385 g/mol. The summed E-state index contributed by atoms with van der Waals surface area (Å²) < 4.78 is 6.71. The van der Waals surface area contributed by atoms with Crippen LogP contribution in [0.1, 0.15) is 47.8 Å². The quantitative estimate of drug-likeness (QED) is 0.545. The zero-order valence-corrected chi connectivity index (χ0v) is 17.0. The summed E-state index contributed by atoms with van der Waals surface area (Å²) in [5, 5.41) is 31.4. The second-order valence-electron chi connectivity index (χ2n) is 8.71. The fraction of sp³-hybridized carbons (Fsp3) is 0.706. The summed E-state index contributed by atoms with van der Waals surface area (Å²) in [6.45, 7) is 12.1. The summed E-state index contributed by atoms with van der Waals surface area (Å²) >= 11 is 0. The number of nitrogens with one attached hydrogen (secondary N) is 1. The molecule has 0 amide bonds. The zero-order chi connectivity index (χ0) is 20.0. The Morgan fingerprint density at radius 3 is 2.12 bits per heavy atom. The number of hydrogen-bond acceptors (Lipinski definition) is 6. The lowest BCUT2D eigenvalue weighted by Crippen LogP contribution is -2.44. The van der Waals surface area contributed by atoms with Crippen molar-refractivity contribution >= 4 is 13.8 Å². The lowest BCUT2D eigenvalue weighted by Gasteiger charge is -2.35. The average Bonchev–Trinajstić information content (AvgIpc) is 2.72. The van der Waals surface area contributed by atoms with Crippen LogP contribution in [-0.4, -0.2) is 56.9 Å². The van der Waals surface area contributed by atoms with Gasteiger partial charge in [0, 0.05) is 12.3 Å². The summed E-state index contributed by atoms with van der Waals surface area (Å²) in [6.07, 6.45) is -3.93. The lowest BCUT2D eigenvalue weighted by molar-refractivity contribution is -0.0285. The van der Waals surface area contributed by atoms with Gasteiger partial charge in [0.15, 0.2) is 6.23 Å². The first-order valence-electron chi connectivity index (χ1n) is 8.52. The van der Waals surface area contributed by atoms with Crippen molar-refractivity contribution in [1.29, 1.82) is 0 Å². The molecule has 1 aromatic heterocycles. The van der Waals surface area contributed by atoms with E-state index in [9.17, 15) is 24.9 Å². The Morgan fingerprint density at radius 1 is 1.12 bits per heavy atom. The molecular weight excluding hydrogens is 356 g/mol. The van der Waals surface area contributed by atoms with E-state index in [4.69, 9.17) is 4.74 Å². The van der Waals surface area contributed by atoms with Gasteiger partial charge in [-0.05, 0) is 10.1 Å². The Labute approximate surface area is 153 Å². The number of ether oxygens (including phenoxy) is 1. The van der Waals surface area contributed by atoms with Crippen LogP contribution in [0, 0.1) is 0 Å². The normalized spacial score (nSPS) is 26.8. The van der Waals surface area contributed by atoms with Crippen LogP contribution >= 0.6 is 0 Å². The highest BCUT2D eigenvalue weighted by atomic mass is 28.2. The predicted molar refractivity (Wildman–Crippen MR) is 99.4 cm³/mol. The van der Waals surface area contributed by atoms with Crippen molar-refractivity contribution in [2.75, 3.05) is 0 Å². The molecule has 146 valence electrons. The maximum absolute atomic E-state index is 12.0. The van der Waals surface area contributed by atoms with Gasteiger partial charge in [-0.2, -0.15) is 0 Å². The minimum atomic E-state index is -1.58. The van der Waals surface area contributed by atoms with E-state index in [1.165, 1.54) is 6.20 Å². The van der Waals surface area contributed by atoms with Gasteiger partial charge in [0.05, 0.1) is 13.8 Å². The molecule has 8 nitrogen and oxygen atoms in total. The molecule has 1 saturated heterocycles. The van der Waals surface area contributed by atoms with Crippen molar-refractivity contribution in [3.05, 3.63) is 33.1 Å². The Balaban J connectivity index is 2.50. The minimum Gasteiger partial charge on any atom is -0.515 e. The molecule has 0 aliphatic carbocycles. The monoisotopic (exact) mass is 384 g/mol. The number of rotatable bonds is 2. The maximum atomic E-state index is 12.0. The Bertz CT molecular complexity index is 798. The van der Waals surface area contributed by atoms with E-state index in [1.807, 2.05) is 41.5 Å². The number of aliphatic hydroxyl groups is 3. The van der Waals surface area contributed by atoms with Crippen LogP contribution in [0.3, 0.4) is 0 Å². The highest BCUT2D eigenvalue weighted by Gasteiger charge is 2.48. The van der Waals surface area contributed by atoms with Gasteiger partial charge in [0.2, 0.25) is 0 Å². The minimum absolute atomic E-state index is 0.0292. The van der Waals surface area contributed by atoms with Gasteiger partial charge in [0.1, 0.15) is 18.3 Å². The van der Waals surface area contributed by atoms with Gasteiger partial charge < -0.3 is 20.1 Å². The molecule has 9 heteroatoms. The fourth-order valence-electron chi connectivity index (χ4n) is 3.78. The lowest BCUT2D eigenvalue weighted by atomic mass is 10.1. The third kappa shape index (κ3) is 3.90. The molecule has 2 rings (SSSR count). The van der Waals surface area contributed by atoms with Gasteiger partial charge in [-0.1, -0.05) is 41.5 Å². The molecule has 0 bridgehead atoms. The van der Waals surface area contributed by atoms with Crippen LogP contribution in [-0.2, 0) is 4.74 Å². The number of nitrogens with zero attached hydrogens (tertiary/aromatic N) is 1. The van der Waals surface area contributed by atoms with Gasteiger partial charge in [-0.15, -0.1) is 0 Å². The molecular formula is C17H28N2O6Si. The van der Waals surface area contributed by atoms with Crippen molar-refractivity contribution < 1.29 is 20.1 Å². The third-order valence-corrected chi connectivity index (χ3v) is 8.19. The molecule has 4 N–H and O–H groups in total. The van der Waals surface area contributed by atoms with Crippen molar-refractivity contribution in [2.45, 2.75) is 76.2 Å². The van der Waals surface area contributed by atoms with E-state index in [0.717, 1.165) is 10.6 Å². The first-order valence-corrected chi connectivity index (χ1v) is 10.0. The first-order chi connectivity index (χ1) is 11.7. The number of aromatic nitrogens is 2. The molecule has 0 spiro atoms. The van der Waals surface area contributed by atoms with Crippen molar-refractivity contribution in [1.82, 2.24) is 9.55 Å². The Kier molecular flexibility index (Phi) is 5.49. The molecule has 1 aliphatic rings. The predicted octanol–water partition coefficient (Wildman–Crippen LogP) is 0.335. The van der Waals surface area contributed by atoms with Crippen LogP contribution in [0.25, 0.3) is 0 Å². The van der Waals surface area contributed by atoms with Gasteiger partial charge in [-0.25, -0.2) is 4.79 Å². The molecule has 0 unspecified atom stereocenters. The molecule has 26 heavy (non-hydrogen) atoms. The number of H-pyrrole nitrogens is 1. The van der Waals surface area contributed by atoms with Crippen LogP contribution in [0.2, 0.25) is 10.1 Å². The van der Waals surface area contributed by atoms with E-state index in [2.05, 4.69) is 4.98 Å². The summed E-state index contributed by atoms with van der Waals surface area (Å²) in [4.78, 5) is 25.3. The summed E-state index contributed by atoms with van der Waals surface area (Å²) in [5.74, 6) is 0. The molecule has 0 saturated carbocycles. The van der Waals surface area contributed by atoms with Gasteiger partial charge >= 0.3 is 5.69 Å². The van der Waals surface area contributed by atoms with Crippen LogP contribution in [0.4, 0.5) is 0 Å². The van der Waals surface area contributed by atoms with E-state index in [1.54, 1.807) is 0 Å². The SMILES string of the molecule is CC(C)(C)[Si](=C(O)[C@H]1O[C@@H](n2ccc(=O)[nH]c2=O)[C@H](O)[C@@H]1O)C(C)(C)C. The van der Waals surface area contributed by atoms with Crippen molar-refractivity contribution in [3.63, 3.8) is 0 Å². The van der Waals surface area contributed by atoms with Crippen molar-refractivity contribution in [2.24, 2.45) is 0 Å². The van der Waals surface area contributed by atoms with E-state index < -0.39 is 44.2 Å². The number of hydrogen-bond donors (Lipinski definition) is 4. The zero-order valence-electron chi connectivity index (χ0n) is 16.0. The molecule has 0 radical (unpaired) electrons. The van der Waals surface area contributed by atoms with Crippen molar-refractivity contribution in [3.8, 4) is 0 Å². The maximum Gasteiger partial charge on any atom is 0.330 e. The smallest absolute Gasteiger partial charge is 0.330 e. The topological polar surface area (TPSA) is 125 Å². The number of aromatic amines is 1. The Hall–Kier alpha value is -1.55. The standard InChI is InChI=1S/C17H28N2O6Si/c1-16(2,3)26(17(4,5)6)14(23)12-10(21)11(22)13(25-12)19-8-7-9(20)18-15(19)24/h7-8,10-13,21-23H,1-6H3,(H,18,20,24)/t10-,11+,12-,13+/m0/s1.